The number of aromatic nitrogens is 2. The summed E-state index contributed by atoms with van der Waals surface area (Å²) in [5.74, 6) is 5.16. The van der Waals surface area contributed by atoms with Crippen LogP contribution in [-0.2, 0) is 0 Å². The van der Waals surface area contributed by atoms with E-state index in [9.17, 15) is 4.79 Å². The predicted octanol–water partition coefficient (Wildman–Crippen LogP) is 1.91. The Bertz CT molecular complexity index is 964. The van der Waals surface area contributed by atoms with Gasteiger partial charge in [-0.05, 0) is 18.2 Å². The fourth-order valence-electron chi connectivity index (χ4n) is 2.49. The van der Waals surface area contributed by atoms with Crippen molar-refractivity contribution in [3.63, 3.8) is 0 Å². The average molecular weight is 339 g/mol. The molecule has 0 unspecified atom stereocenters. The summed E-state index contributed by atoms with van der Waals surface area (Å²) >= 11 is 0. The molecule has 1 heterocycles. The summed E-state index contributed by atoms with van der Waals surface area (Å²) in [5.41, 5.74) is 8.50. The maximum atomic E-state index is 11.2. The Hall–Kier alpha value is -3.52. The van der Waals surface area contributed by atoms with Crippen molar-refractivity contribution in [3.8, 4) is 5.75 Å². The average Bonchev–Trinajstić information content (AvgIpc) is 3.05. The summed E-state index contributed by atoms with van der Waals surface area (Å²) in [6.07, 6.45) is 1.51. The zero-order chi connectivity index (χ0) is 18.0. The van der Waals surface area contributed by atoms with E-state index in [1.807, 2.05) is 24.3 Å². The molecule has 3 rings (SSSR count). The Balaban J connectivity index is 1.94. The van der Waals surface area contributed by atoms with E-state index in [0.29, 0.717) is 17.1 Å². The summed E-state index contributed by atoms with van der Waals surface area (Å²) < 4.78 is 5.10. The number of anilines is 1. The Kier molecular flexibility index (Phi) is 4.27. The van der Waals surface area contributed by atoms with Gasteiger partial charge < -0.3 is 15.6 Å². The molecule has 0 aliphatic rings. The molecule has 0 fully saturated rings. The van der Waals surface area contributed by atoms with Crippen LogP contribution in [0.25, 0.3) is 16.6 Å². The second-order valence-electron chi connectivity index (χ2n) is 5.30. The summed E-state index contributed by atoms with van der Waals surface area (Å²) in [6.45, 7) is 0. The van der Waals surface area contributed by atoms with Gasteiger partial charge in [0.2, 0.25) is 0 Å². The second kappa shape index (κ2) is 6.54. The minimum absolute atomic E-state index is 0.0508. The van der Waals surface area contributed by atoms with Gasteiger partial charge in [-0.2, -0.15) is 5.10 Å². The van der Waals surface area contributed by atoms with E-state index in [2.05, 4.69) is 10.2 Å². The number of nitrogens with zero attached hydrogens (tertiary/aromatic N) is 2. The van der Waals surface area contributed by atoms with E-state index in [0.717, 1.165) is 10.9 Å². The molecule has 3 aromatic rings. The number of nitrogens with one attached hydrogen (secondary N) is 1. The lowest BCUT2D eigenvalue weighted by Gasteiger charge is -2.16. The van der Waals surface area contributed by atoms with Gasteiger partial charge in [-0.1, -0.05) is 18.2 Å². The van der Waals surface area contributed by atoms with Gasteiger partial charge >= 0.3 is 5.97 Å². The zero-order valence-corrected chi connectivity index (χ0v) is 13.4. The number of fused-ring (bicyclic) bond motifs is 1. The number of carbonyl (C=O) groups is 1. The van der Waals surface area contributed by atoms with Crippen LogP contribution in [0.15, 0.2) is 48.7 Å². The van der Waals surface area contributed by atoms with Crippen molar-refractivity contribution in [1.29, 1.82) is 0 Å². The molecule has 25 heavy (non-hydrogen) atoms. The van der Waals surface area contributed by atoms with Crippen LogP contribution in [0.4, 0.5) is 5.69 Å². The van der Waals surface area contributed by atoms with Crippen LogP contribution in [0.5, 0.6) is 5.75 Å². The lowest BCUT2D eigenvalue weighted by molar-refractivity contribution is 0.0693. The molecule has 8 nitrogen and oxygen atoms in total. The number of rotatable bonds is 5. The van der Waals surface area contributed by atoms with E-state index >= 15 is 0 Å². The highest BCUT2D eigenvalue weighted by Crippen LogP contribution is 2.26. The van der Waals surface area contributed by atoms with Crippen LogP contribution in [0.2, 0.25) is 0 Å². The minimum atomic E-state index is -1.08. The number of H-pyrrole nitrogens is 1. The van der Waals surface area contributed by atoms with Gasteiger partial charge in [-0.3, -0.25) is 10.1 Å². The van der Waals surface area contributed by atoms with Crippen molar-refractivity contribution in [2.24, 2.45) is 11.6 Å². The molecule has 6 N–H and O–H groups in total. The van der Waals surface area contributed by atoms with E-state index in [4.69, 9.17) is 21.4 Å². The fourth-order valence-corrected chi connectivity index (χ4v) is 2.49. The Labute approximate surface area is 143 Å². The van der Waals surface area contributed by atoms with Gasteiger partial charge in [-0.25, -0.2) is 10.6 Å². The van der Waals surface area contributed by atoms with Crippen LogP contribution in [0.3, 0.4) is 0 Å². The topological polar surface area (TPSA) is 130 Å². The van der Waals surface area contributed by atoms with Crippen molar-refractivity contribution >= 4 is 28.3 Å². The molecule has 0 atom stereocenters. The van der Waals surface area contributed by atoms with Crippen LogP contribution in [-0.4, -0.2) is 28.4 Å². The SMILES string of the molecule is COc1cc(N(N)/C=C(\N)c2n[nH]c3ccccc23)ccc1C(=O)O. The van der Waals surface area contributed by atoms with E-state index in [-0.39, 0.29) is 11.3 Å². The number of para-hydroxylation sites is 1. The number of nitrogens with two attached hydrogens (primary N) is 2. The monoisotopic (exact) mass is 339 g/mol. The first-order valence-electron chi connectivity index (χ1n) is 7.37. The number of aromatic carboxylic acids is 1. The Morgan fingerprint density at radius 2 is 2.08 bits per heavy atom. The highest BCUT2D eigenvalue weighted by atomic mass is 16.5. The third-order valence-corrected chi connectivity index (χ3v) is 3.74. The number of hydrogen-bond donors (Lipinski definition) is 4. The molecule has 0 amide bonds. The summed E-state index contributed by atoms with van der Waals surface area (Å²) in [4.78, 5) is 11.2. The minimum Gasteiger partial charge on any atom is -0.496 e. The number of hydrogen-bond acceptors (Lipinski definition) is 6. The standard InChI is InChI=1S/C17H17N5O3/c1-25-15-8-10(6-7-12(15)17(23)24)22(19)9-13(18)16-11-4-2-3-5-14(11)20-21-16/h2-9H,18-19H2,1H3,(H,20,21)(H,23,24)/b13-9-. The quantitative estimate of drug-likeness (QED) is 0.412. The van der Waals surface area contributed by atoms with Gasteiger partial charge in [0.25, 0.3) is 0 Å². The number of carboxylic acids is 1. The van der Waals surface area contributed by atoms with Gasteiger partial charge in [0, 0.05) is 17.7 Å². The maximum absolute atomic E-state index is 11.2. The number of aromatic amines is 1. The van der Waals surface area contributed by atoms with Crippen molar-refractivity contribution in [2.75, 3.05) is 12.1 Å². The van der Waals surface area contributed by atoms with Gasteiger partial charge in [0.15, 0.2) is 0 Å². The number of ether oxygens (including phenoxy) is 1. The molecule has 0 aliphatic heterocycles. The zero-order valence-electron chi connectivity index (χ0n) is 13.4. The van der Waals surface area contributed by atoms with Gasteiger partial charge in [0.1, 0.15) is 17.0 Å². The smallest absolute Gasteiger partial charge is 0.339 e. The molecule has 0 radical (unpaired) electrons. The summed E-state index contributed by atoms with van der Waals surface area (Å²) in [6, 6.07) is 12.1. The van der Waals surface area contributed by atoms with Crippen LogP contribution in [0, 0.1) is 0 Å². The molecule has 128 valence electrons. The molecule has 0 aliphatic carbocycles. The Morgan fingerprint density at radius 1 is 1.32 bits per heavy atom. The highest BCUT2D eigenvalue weighted by Gasteiger charge is 2.14. The molecular formula is C17H17N5O3. The maximum Gasteiger partial charge on any atom is 0.339 e. The molecule has 2 aromatic carbocycles. The number of benzene rings is 2. The van der Waals surface area contributed by atoms with Crippen molar-refractivity contribution in [3.05, 3.63) is 59.9 Å². The second-order valence-corrected chi connectivity index (χ2v) is 5.30. The summed E-state index contributed by atoms with van der Waals surface area (Å²) in [5, 5.41) is 18.4. The van der Waals surface area contributed by atoms with Crippen molar-refractivity contribution < 1.29 is 14.6 Å². The Morgan fingerprint density at radius 3 is 2.80 bits per heavy atom. The van der Waals surface area contributed by atoms with E-state index < -0.39 is 5.97 Å². The van der Waals surface area contributed by atoms with Crippen LogP contribution in [0.1, 0.15) is 16.1 Å². The first kappa shape index (κ1) is 16.3. The summed E-state index contributed by atoms with van der Waals surface area (Å²) in [7, 11) is 1.40. The molecule has 1 aromatic heterocycles. The fraction of sp³-hybridized carbons (Fsp3) is 0.0588. The van der Waals surface area contributed by atoms with Crippen molar-refractivity contribution in [2.45, 2.75) is 0 Å². The first-order chi connectivity index (χ1) is 12.0. The van der Waals surface area contributed by atoms with Crippen molar-refractivity contribution in [1.82, 2.24) is 10.2 Å². The molecular weight excluding hydrogens is 322 g/mol. The third-order valence-electron chi connectivity index (χ3n) is 3.74. The lowest BCUT2D eigenvalue weighted by Crippen LogP contribution is -2.26. The largest absolute Gasteiger partial charge is 0.496 e. The van der Waals surface area contributed by atoms with E-state index in [1.54, 1.807) is 6.07 Å². The predicted molar refractivity (Wildman–Crippen MR) is 94.9 cm³/mol. The lowest BCUT2D eigenvalue weighted by atomic mass is 10.1. The van der Waals surface area contributed by atoms with Crippen LogP contribution < -0.4 is 21.3 Å². The third kappa shape index (κ3) is 3.10. The first-order valence-corrected chi connectivity index (χ1v) is 7.37. The van der Waals surface area contributed by atoms with Crippen LogP contribution >= 0.6 is 0 Å². The number of methoxy groups -OCH3 is 1. The van der Waals surface area contributed by atoms with Gasteiger partial charge in [0.05, 0.1) is 24.0 Å². The molecule has 0 saturated heterocycles. The molecule has 0 bridgehead atoms. The molecule has 8 heteroatoms. The molecule has 0 spiro atoms. The molecule has 0 saturated carbocycles. The highest BCUT2D eigenvalue weighted by molar-refractivity contribution is 5.92. The number of carboxylic acid groups (broad SMARTS) is 1. The normalized spacial score (nSPS) is 11.5. The van der Waals surface area contributed by atoms with E-state index in [1.165, 1.54) is 30.5 Å². The van der Waals surface area contributed by atoms with Gasteiger partial charge in [-0.15, -0.1) is 0 Å². The number of hydrazine groups is 1.